The van der Waals surface area contributed by atoms with Crippen molar-refractivity contribution in [1.82, 2.24) is 5.32 Å². The first-order valence-electron chi connectivity index (χ1n) is 5.80. The van der Waals surface area contributed by atoms with Crippen LogP contribution < -0.4 is 5.32 Å². The van der Waals surface area contributed by atoms with Crippen LogP contribution in [0, 0.1) is 0 Å². The fourth-order valence-corrected chi connectivity index (χ4v) is 2.19. The minimum atomic E-state index is -0.732. The van der Waals surface area contributed by atoms with Crippen LogP contribution in [0.2, 0.25) is 0 Å². The second-order valence-electron chi connectivity index (χ2n) is 4.29. The number of carboxylic acid groups (broad SMARTS) is 1. The Bertz CT molecular complexity index is 370. The molecule has 3 heteroatoms. The Morgan fingerprint density at radius 2 is 2.38 bits per heavy atom. The van der Waals surface area contributed by atoms with Crippen LogP contribution >= 0.6 is 0 Å². The molecule has 1 saturated heterocycles. The quantitative estimate of drug-likeness (QED) is 0.815. The highest BCUT2D eigenvalue weighted by atomic mass is 16.4. The van der Waals surface area contributed by atoms with E-state index < -0.39 is 5.97 Å². The Labute approximate surface area is 95.5 Å². The summed E-state index contributed by atoms with van der Waals surface area (Å²) < 4.78 is 0. The molecule has 3 nitrogen and oxygen atoms in total. The van der Waals surface area contributed by atoms with Gasteiger partial charge in [-0.2, -0.15) is 0 Å². The Hall–Kier alpha value is -1.35. The zero-order chi connectivity index (χ0) is 11.4. The van der Waals surface area contributed by atoms with E-state index in [0.29, 0.717) is 12.5 Å². The molecule has 1 aliphatic rings. The lowest BCUT2D eigenvalue weighted by Crippen LogP contribution is -2.13. The van der Waals surface area contributed by atoms with Crippen LogP contribution in [0.5, 0.6) is 0 Å². The zero-order valence-corrected chi connectivity index (χ0v) is 9.28. The molecule has 0 amide bonds. The van der Waals surface area contributed by atoms with Gasteiger partial charge in [0, 0.05) is 12.5 Å². The van der Waals surface area contributed by atoms with Crippen molar-refractivity contribution < 1.29 is 9.90 Å². The van der Waals surface area contributed by atoms with E-state index in [0.717, 1.165) is 12.1 Å². The van der Waals surface area contributed by atoms with Crippen LogP contribution in [0.3, 0.4) is 0 Å². The zero-order valence-electron chi connectivity index (χ0n) is 9.28. The minimum Gasteiger partial charge on any atom is -0.481 e. The summed E-state index contributed by atoms with van der Waals surface area (Å²) in [4.78, 5) is 10.5. The van der Waals surface area contributed by atoms with Gasteiger partial charge in [-0.1, -0.05) is 24.3 Å². The van der Waals surface area contributed by atoms with Gasteiger partial charge in [0.25, 0.3) is 0 Å². The molecule has 1 aromatic rings. The molecule has 0 aromatic heterocycles. The normalized spacial score (nSPS) is 19.9. The number of carbonyl (C=O) groups is 1. The van der Waals surface area contributed by atoms with Crippen LogP contribution in [0.1, 0.15) is 36.4 Å². The molecular weight excluding hydrogens is 202 g/mol. The monoisotopic (exact) mass is 219 g/mol. The van der Waals surface area contributed by atoms with E-state index in [9.17, 15) is 4.79 Å². The molecule has 1 heterocycles. The maximum Gasteiger partial charge on any atom is 0.303 e. The fourth-order valence-electron chi connectivity index (χ4n) is 2.19. The minimum absolute atomic E-state index is 0.210. The number of hydrogen-bond acceptors (Lipinski definition) is 2. The smallest absolute Gasteiger partial charge is 0.303 e. The van der Waals surface area contributed by atoms with Crippen molar-refractivity contribution in [1.29, 1.82) is 0 Å². The summed E-state index contributed by atoms with van der Waals surface area (Å²) in [6, 6.07) is 8.73. The van der Waals surface area contributed by atoms with E-state index >= 15 is 0 Å². The number of benzene rings is 1. The number of nitrogens with one attached hydrogen (secondary N) is 1. The number of rotatable bonds is 4. The van der Waals surface area contributed by atoms with Gasteiger partial charge in [0.15, 0.2) is 0 Å². The molecule has 86 valence electrons. The van der Waals surface area contributed by atoms with E-state index in [-0.39, 0.29) is 6.42 Å². The number of aryl methyl sites for hydroxylation is 1. The van der Waals surface area contributed by atoms with Crippen molar-refractivity contribution in [2.75, 3.05) is 6.54 Å². The molecule has 0 bridgehead atoms. The lowest BCUT2D eigenvalue weighted by Gasteiger charge is -2.11. The second kappa shape index (κ2) is 5.12. The van der Waals surface area contributed by atoms with E-state index in [4.69, 9.17) is 5.11 Å². The molecule has 1 atom stereocenters. The Balaban J connectivity index is 2.03. The highest BCUT2D eigenvalue weighted by molar-refractivity contribution is 5.67. The van der Waals surface area contributed by atoms with Crippen molar-refractivity contribution in [3.8, 4) is 0 Å². The van der Waals surface area contributed by atoms with Gasteiger partial charge in [-0.25, -0.2) is 0 Å². The standard InChI is InChI=1S/C13H17NO2/c15-13(16)7-6-10-3-1-4-11(9-10)12-5-2-8-14-12/h1,3-4,9,12,14H,2,5-8H2,(H,15,16)/t12-/m1/s1. The average Bonchev–Trinajstić information content (AvgIpc) is 2.80. The Morgan fingerprint density at radius 3 is 3.06 bits per heavy atom. The first-order chi connectivity index (χ1) is 7.75. The maximum absolute atomic E-state index is 10.5. The van der Waals surface area contributed by atoms with Gasteiger partial charge < -0.3 is 10.4 Å². The van der Waals surface area contributed by atoms with Crippen molar-refractivity contribution in [3.05, 3.63) is 35.4 Å². The van der Waals surface area contributed by atoms with Gasteiger partial charge in [-0.15, -0.1) is 0 Å². The van der Waals surface area contributed by atoms with Gasteiger partial charge >= 0.3 is 5.97 Å². The van der Waals surface area contributed by atoms with Crippen molar-refractivity contribution in [3.63, 3.8) is 0 Å². The number of aliphatic carboxylic acids is 1. The van der Waals surface area contributed by atoms with Crippen molar-refractivity contribution >= 4 is 5.97 Å². The highest BCUT2D eigenvalue weighted by Crippen LogP contribution is 2.23. The molecular formula is C13H17NO2. The summed E-state index contributed by atoms with van der Waals surface area (Å²) in [5.41, 5.74) is 2.41. The predicted octanol–water partition coefficient (Wildman–Crippen LogP) is 2.13. The molecule has 2 rings (SSSR count). The van der Waals surface area contributed by atoms with Crippen LogP contribution in [-0.2, 0) is 11.2 Å². The topological polar surface area (TPSA) is 49.3 Å². The largest absolute Gasteiger partial charge is 0.481 e. The third-order valence-corrected chi connectivity index (χ3v) is 3.04. The Morgan fingerprint density at radius 1 is 1.50 bits per heavy atom. The van der Waals surface area contributed by atoms with E-state index in [1.165, 1.54) is 18.4 Å². The molecule has 1 aromatic carbocycles. The molecule has 0 spiro atoms. The van der Waals surface area contributed by atoms with Gasteiger partial charge in [0.2, 0.25) is 0 Å². The average molecular weight is 219 g/mol. The molecule has 0 saturated carbocycles. The second-order valence-corrected chi connectivity index (χ2v) is 4.29. The van der Waals surface area contributed by atoms with Crippen molar-refractivity contribution in [2.45, 2.75) is 31.7 Å². The summed E-state index contributed by atoms with van der Waals surface area (Å²) in [7, 11) is 0. The first-order valence-corrected chi connectivity index (χ1v) is 5.80. The first kappa shape index (κ1) is 11.1. The van der Waals surface area contributed by atoms with E-state index in [1.807, 2.05) is 12.1 Å². The Kier molecular flexibility index (Phi) is 3.57. The molecule has 0 aliphatic carbocycles. The number of carboxylic acids is 1. The van der Waals surface area contributed by atoms with E-state index in [1.54, 1.807) is 0 Å². The summed E-state index contributed by atoms with van der Waals surface area (Å²) in [5, 5.41) is 12.1. The van der Waals surface area contributed by atoms with E-state index in [2.05, 4.69) is 17.4 Å². The third kappa shape index (κ3) is 2.83. The SMILES string of the molecule is O=C(O)CCc1cccc([C@H]2CCCN2)c1. The summed E-state index contributed by atoms with van der Waals surface area (Å²) in [6.45, 7) is 1.09. The van der Waals surface area contributed by atoms with Gasteiger partial charge in [0.05, 0.1) is 0 Å². The summed E-state index contributed by atoms with van der Waals surface area (Å²) >= 11 is 0. The molecule has 0 unspecified atom stereocenters. The molecule has 16 heavy (non-hydrogen) atoms. The lowest BCUT2D eigenvalue weighted by atomic mass is 10.0. The van der Waals surface area contributed by atoms with Crippen LogP contribution in [-0.4, -0.2) is 17.6 Å². The van der Waals surface area contributed by atoms with Crippen LogP contribution in [0.25, 0.3) is 0 Å². The van der Waals surface area contributed by atoms with Crippen LogP contribution in [0.4, 0.5) is 0 Å². The van der Waals surface area contributed by atoms with Gasteiger partial charge in [-0.3, -0.25) is 4.79 Å². The number of hydrogen-bond donors (Lipinski definition) is 2. The predicted molar refractivity (Wildman–Crippen MR) is 62.4 cm³/mol. The molecule has 1 aliphatic heterocycles. The van der Waals surface area contributed by atoms with Gasteiger partial charge in [-0.05, 0) is 36.9 Å². The summed E-state index contributed by atoms with van der Waals surface area (Å²) in [6.07, 6.45) is 3.24. The molecule has 0 radical (unpaired) electrons. The summed E-state index contributed by atoms with van der Waals surface area (Å²) in [5.74, 6) is -0.732. The maximum atomic E-state index is 10.5. The fraction of sp³-hybridized carbons (Fsp3) is 0.462. The van der Waals surface area contributed by atoms with Gasteiger partial charge in [0.1, 0.15) is 0 Å². The highest BCUT2D eigenvalue weighted by Gasteiger charge is 2.15. The van der Waals surface area contributed by atoms with Crippen molar-refractivity contribution in [2.24, 2.45) is 0 Å². The molecule has 2 N–H and O–H groups in total. The molecule has 1 fully saturated rings. The third-order valence-electron chi connectivity index (χ3n) is 3.04. The lowest BCUT2D eigenvalue weighted by molar-refractivity contribution is -0.136. The van der Waals surface area contributed by atoms with Crippen LogP contribution in [0.15, 0.2) is 24.3 Å².